The van der Waals surface area contributed by atoms with E-state index in [0.717, 1.165) is 0 Å². The van der Waals surface area contributed by atoms with Crippen molar-refractivity contribution >= 4 is 5.78 Å². The average molecular weight is 251 g/mol. The minimum Gasteiger partial charge on any atom is -0.356 e. The van der Waals surface area contributed by atoms with Crippen LogP contribution >= 0.6 is 0 Å². The number of hydrogen-bond donors (Lipinski definition) is 2. The second-order valence-electron chi connectivity index (χ2n) is 5.39. The van der Waals surface area contributed by atoms with Crippen LogP contribution in [0.15, 0.2) is 0 Å². The molecule has 0 radical (unpaired) electrons. The Labute approximate surface area is 99.3 Å². The summed E-state index contributed by atoms with van der Waals surface area (Å²) in [5.41, 5.74) is -0.543. The number of ether oxygens (including phenoxy) is 1. The number of carbonyl (C=O) groups is 1. The lowest BCUT2D eigenvalue weighted by Crippen LogP contribution is -2.46. The molecule has 0 aromatic heterocycles. The normalized spacial score (nSPS) is 22.0. The van der Waals surface area contributed by atoms with Gasteiger partial charge in [0.15, 0.2) is 0 Å². The molecule has 0 spiro atoms. The average Bonchev–Trinajstić information content (AvgIpc) is 2.07. The highest BCUT2D eigenvalue weighted by molar-refractivity contribution is 5.84. The Morgan fingerprint density at radius 1 is 1.53 bits per heavy atom. The first-order valence-electron chi connectivity index (χ1n) is 5.59. The summed E-state index contributed by atoms with van der Waals surface area (Å²) < 4.78 is 30.2. The smallest absolute Gasteiger partial charge is 0.249 e. The zero-order valence-corrected chi connectivity index (χ0v) is 10.3. The number of rotatable bonds is 5. The van der Waals surface area contributed by atoms with Crippen molar-refractivity contribution in [2.24, 2.45) is 5.92 Å². The predicted molar refractivity (Wildman–Crippen MR) is 57.5 cm³/mol. The van der Waals surface area contributed by atoms with Gasteiger partial charge in [0, 0.05) is 18.8 Å². The molecule has 1 aliphatic carbocycles. The fraction of sp³-hybridized carbons (Fsp3) is 0.909. The van der Waals surface area contributed by atoms with E-state index in [1.165, 1.54) is 0 Å². The van der Waals surface area contributed by atoms with Crippen molar-refractivity contribution in [1.29, 1.82) is 0 Å². The van der Waals surface area contributed by atoms with Crippen LogP contribution in [0.25, 0.3) is 0 Å². The van der Waals surface area contributed by atoms with Gasteiger partial charge in [-0.05, 0) is 20.8 Å². The molecule has 0 amide bonds. The Morgan fingerprint density at radius 3 is 2.47 bits per heavy atom. The summed E-state index contributed by atoms with van der Waals surface area (Å²) in [6.07, 6.45) is -2.03. The zero-order chi connectivity index (χ0) is 13.3. The van der Waals surface area contributed by atoms with Crippen LogP contribution in [0.2, 0.25) is 0 Å². The lowest BCUT2D eigenvalue weighted by molar-refractivity contribution is -0.183. The van der Waals surface area contributed by atoms with Gasteiger partial charge in [-0.3, -0.25) is 10.1 Å². The van der Waals surface area contributed by atoms with Crippen LogP contribution < -0.4 is 5.32 Å². The summed E-state index contributed by atoms with van der Waals surface area (Å²) in [5, 5.41) is 11.8. The molecule has 0 aliphatic heterocycles. The first kappa shape index (κ1) is 14.5. The molecular formula is C11H19F2NO3. The maximum Gasteiger partial charge on any atom is 0.249 e. The molecular weight excluding hydrogens is 232 g/mol. The highest BCUT2D eigenvalue weighted by Crippen LogP contribution is 2.42. The maximum atomic E-state index is 12.5. The third-order valence-corrected chi connectivity index (χ3v) is 2.46. The van der Waals surface area contributed by atoms with Gasteiger partial charge in [0.1, 0.15) is 5.78 Å². The number of alkyl halides is 2. The van der Waals surface area contributed by atoms with Crippen molar-refractivity contribution in [3.8, 4) is 0 Å². The van der Waals surface area contributed by atoms with Gasteiger partial charge >= 0.3 is 0 Å². The SMILES string of the molecule is CC(C)(C)OC(O)NCC(=O)C1CC(F)(F)C1. The molecule has 6 heteroatoms. The summed E-state index contributed by atoms with van der Waals surface area (Å²) in [7, 11) is 0. The summed E-state index contributed by atoms with van der Waals surface area (Å²) in [6.45, 7) is 5.11. The van der Waals surface area contributed by atoms with Crippen molar-refractivity contribution in [2.75, 3.05) is 6.54 Å². The maximum absolute atomic E-state index is 12.5. The number of Topliss-reactive ketones (excluding diaryl/α,β-unsaturated/α-hetero) is 1. The van der Waals surface area contributed by atoms with Gasteiger partial charge in [-0.1, -0.05) is 0 Å². The van der Waals surface area contributed by atoms with E-state index >= 15 is 0 Å². The van der Waals surface area contributed by atoms with Crippen LogP contribution in [0, 0.1) is 5.92 Å². The molecule has 2 N–H and O–H groups in total. The number of aliphatic hydroxyl groups is 1. The Morgan fingerprint density at radius 2 is 2.06 bits per heavy atom. The summed E-state index contributed by atoms with van der Waals surface area (Å²) in [4.78, 5) is 11.4. The van der Waals surface area contributed by atoms with E-state index in [1.54, 1.807) is 20.8 Å². The number of aliphatic hydroxyl groups excluding tert-OH is 1. The molecule has 17 heavy (non-hydrogen) atoms. The second-order valence-corrected chi connectivity index (χ2v) is 5.39. The number of halogens is 2. The molecule has 0 aromatic carbocycles. The molecule has 1 saturated carbocycles. The minimum absolute atomic E-state index is 0.155. The molecule has 0 aromatic rings. The molecule has 1 unspecified atom stereocenters. The lowest BCUT2D eigenvalue weighted by atomic mass is 9.78. The van der Waals surface area contributed by atoms with Gasteiger partial charge in [-0.25, -0.2) is 8.78 Å². The van der Waals surface area contributed by atoms with Gasteiger partial charge in [0.05, 0.1) is 12.1 Å². The van der Waals surface area contributed by atoms with Gasteiger partial charge in [-0.2, -0.15) is 0 Å². The van der Waals surface area contributed by atoms with Crippen LogP contribution in [0.4, 0.5) is 8.78 Å². The standard InChI is InChI=1S/C11H19F2NO3/c1-10(2,3)17-9(16)14-6-8(15)7-4-11(12,13)5-7/h7,9,14,16H,4-6H2,1-3H3. The minimum atomic E-state index is -2.69. The molecule has 1 rings (SSSR count). The highest BCUT2D eigenvalue weighted by atomic mass is 19.3. The fourth-order valence-electron chi connectivity index (χ4n) is 1.60. The van der Waals surface area contributed by atoms with Crippen LogP contribution in [-0.4, -0.2) is 35.4 Å². The number of nitrogens with one attached hydrogen (secondary N) is 1. The van der Waals surface area contributed by atoms with E-state index in [9.17, 15) is 18.7 Å². The molecule has 1 atom stereocenters. The quantitative estimate of drug-likeness (QED) is 0.723. The topological polar surface area (TPSA) is 58.6 Å². The molecule has 1 aliphatic rings. The lowest BCUT2D eigenvalue weighted by Gasteiger charge is -2.34. The number of ketones is 1. The Hall–Kier alpha value is -0.590. The Bertz CT molecular complexity index is 281. The Balaban J connectivity index is 2.21. The van der Waals surface area contributed by atoms with Crippen molar-refractivity contribution < 1.29 is 23.4 Å². The molecule has 100 valence electrons. The van der Waals surface area contributed by atoms with E-state index < -0.39 is 23.9 Å². The first-order chi connectivity index (χ1) is 7.59. The number of hydrogen-bond acceptors (Lipinski definition) is 4. The third-order valence-electron chi connectivity index (χ3n) is 2.46. The van der Waals surface area contributed by atoms with Crippen molar-refractivity contribution in [1.82, 2.24) is 5.32 Å². The van der Waals surface area contributed by atoms with Gasteiger partial charge < -0.3 is 9.84 Å². The first-order valence-corrected chi connectivity index (χ1v) is 5.59. The van der Waals surface area contributed by atoms with E-state index in [1.807, 2.05) is 0 Å². The fourth-order valence-corrected chi connectivity index (χ4v) is 1.60. The molecule has 1 fully saturated rings. The molecule has 4 nitrogen and oxygen atoms in total. The monoisotopic (exact) mass is 251 g/mol. The van der Waals surface area contributed by atoms with Crippen molar-refractivity contribution in [2.45, 2.75) is 51.6 Å². The van der Waals surface area contributed by atoms with Crippen LogP contribution in [0.1, 0.15) is 33.6 Å². The summed E-state index contributed by atoms with van der Waals surface area (Å²) in [6, 6.07) is 0. The van der Waals surface area contributed by atoms with Crippen LogP contribution in [0.3, 0.4) is 0 Å². The van der Waals surface area contributed by atoms with Crippen molar-refractivity contribution in [3.05, 3.63) is 0 Å². The highest BCUT2D eigenvalue weighted by Gasteiger charge is 2.48. The van der Waals surface area contributed by atoms with E-state index in [-0.39, 0.29) is 25.2 Å². The number of carbonyl (C=O) groups excluding carboxylic acids is 1. The predicted octanol–water partition coefficient (Wildman–Crippen LogP) is 1.28. The van der Waals surface area contributed by atoms with E-state index in [0.29, 0.717) is 0 Å². The summed E-state index contributed by atoms with van der Waals surface area (Å²) in [5.74, 6) is -3.60. The molecule has 0 bridgehead atoms. The molecule has 0 heterocycles. The van der Waals surface area contributed by atoms with Gasteiger partial charge in [-0.15, -0.1) is 0 Å². The Kier molecular flexibility index (Phi) is 4.22. The van der Waals surface area contributed by atoms with E-state index in [4.69, 9.17) is 4.74 Å². The largest absolute Gasteiger partial charge is 0.356 e. The van der Waals surface area contributed by atoms with Gasteiger partial charge in [0.2, 0.25) is 12.3 Å². The van der Waals surface area contributed by atoms with E-state index in [2.05, 4.69) is 5.32 Å². The van der Waals surface area contributed by atoms with Crippen LogP contribution in [0.5, 0.6) is 0 Å². The second kappa shape index (κ2) is 4.96. The van der Waals surface area contributed by atoms with Crippen molar-refractivity contribution in [3.63, 3.8) is 0 Å². The third kappa shape index (κ3) is 5.06. The van der Waals surface area contributed by atoms with Crippen LogP contribution in [-0.2, 0) is 9.53 Å². The van der Waals surface area contributed by atoms with Gasteiger partial charge in [0.25, 0.3) is 0 Å². The zero-order valence-electron chi connectivity index (χ0n) is 10.3. The summed E-state index contributed by atoms with van der Waals surface area (Å²) >= 11 is 0. The molecule has 0 saturated heterocycles.